The number of hydrogen-bond acceptors (Lipinski definition) is 4. The molecule has 33 heavy (non-hydrogen) atoms. The van der Waals surface area contributed by atoms with Crippen molar-refractivity contribution in [1.82, 2.24) is 4.90 Å². The Balaban J connectivity index is 1.35. The molecular weight excluding hydrogens is 436 g/mol. The van der Waals surface area contributed by atoms with Gasteiger partial charge in [-0.1, -0.05) is 43.2 Å². The standard InChI is InChI=1S/C27H31ClN2O3/c1-27(2)10-9-23(18-3-6-21(28)7-4-18)20(14-27)15-29-11-12-30-22(16-29)17-33-25-13-19(26(31)32)5-8-24(25)30/h3-8,13,22H,9-12,14-17H2,1-2H3,(H,31,32)/t22-/m0/s1. The number of anilines is 1. The zero-order valence-electron chi connectivity index (χ0n) is 19.3. The molecule has 1 N–H and O–H groups in total. The number of carboxylic acid groups (broad SMARTS) is 1. The van der Waals surface area contributed by atoms with E-state index < -0.39 is 5.97 Å². The fraction of sp³-hybridized carbons (Fsp3) is 0.444. The third kappa shape index (κ3) is 4.62. The minimum atomic E-state index is -0.923. The van der Waals surface area contributed by atoms with Gasteiger partial charge in [-0.05, 0) is 66.1 Å². The van der Waals surface area contributed by atoms with Gasteiger partial charge in [0.15, 0.2) is 0 Å². The lowest BCUT2D eigenvalue weighted by Crippen LogP contribution is -2.57. The van der Waals surface area contributed by atoms with Crippen molar-refractivity contribution in [1.29, 1.82) is 0 Å². The van der Waals surface area contributed by atoms with E-state index in [0.717, 1.165) is 49.7 Å². The Morgan fingerprint density at radius 1 is 1.18 bits per heavy atom. The quantitative estimate of drug-likeness (QED) is 0.637. The van der Waals surface area contributed by atoms with Gasteiger partial charge >= 0.3 is 5.97 Å². The van der Waals surface area contributed by atoms with Crippen LogP contribution in [0.4, 0.5) is 5.69 Å². The minimum Gasteiger partial charge on any atom is -0.489 e. The maximum atomic E-state index is 11.3. The highest BCUT2D eigenvalue weighted by molar-refractivity contribution is 6.30. The molecule has 6 heteroatoms. The van der Waals surface area contributed by atoms with Crippen molar-refractivity contribution in [3.63, 3.8) is 0 Å². The number of hydrogen-bond donors (Lipinski definition) is 1. The van der Waals surface area contributed by atoms with Gasteiger partial charge in [0.05, 0.1) is 17.3 Å². The van der Waals surface area contributed by atoms with Crippen molar-refractivity contribution >= 4 is 28.8 Å². The summed E-state index contributed by atoms with van der Waals surface area (Å²) in [5.41, 5.74) is 5.93. The van der Waals surface area contributed by atoms with Crippen LogP contribution in [0.3, 0.4) is 0 Å². The number of halogens is 1. The molecule has 2 aliphatic heterocycles. The molecule has 2 heterocycles. The van der Waals surface area contributed by atoms with Crippen molar-refractivity contribution in [2.24, 2.45) is 5.41 Å². The number of aromatic carboxylic acids is 1. The number of piperazine rings is 1. The molecule has 1 saturated heterocycles. The van der Waals surface area contributed by atoms with E-state index in [-0.39, 0.29) is 11.6 Å². The van der Waals surface area contributed by atoms with Crippen molar-refractivity contribution in [3.05, 3.63) is 64.2 Å². The summed E-state index contributed by atoms with van der Waals surface area (Å²) < 4.78 is 6.00. The van der Waals surface area contributed by atoms with Gasteiger partial charge in [0.2, 0.25) is 0 Å². The molecule has 0 saturated carbocycles. The molecule has 2 aromatic carbocycles. The largest absolute Gasteiger partial charge is 0.489 e. The highest BCUT2D eigenvalue weighted by atomic mass is 35.5. The van der Waals surface area contributed by atoms with E-state index >= 15 is 0 Å². The van der Waals surface area contributed by atoms with Crippen molar-refractivity contribution in [2.75, 3.05) is 37.7 Å². The Morgan fingerprint density at radius 2 is 1.97 bits per heavy atom. The second-order valence-corrected chi connectivity index (χ2v) is 10.7. The number of benzene rings is 2. The van der Waals surface area contributed by atoms with Crippen LogP contribution in [0.2, 0.25) is 5.02 Å². The van der Waals surface area contributed by atoms with E-state index in [1.165, 1.54) is 17.6 Å². The summed E-state index contributed by atoms with van der Waals surface area (Å²) in [5, 5.41) is 10.1. The van der Waals surface area contributed by atoms with Crippen molar-refractivity contribution in [2.45, 2.75) is 39.2 Å². The van der Waals surface area contributed by atoms with Crippen LogP contribution in [0, 0.1) is 5.41 Å². The summed E-state index contributed by atoms with van der Waals surface area (Å²) in [6.07, 6.45) is 3.43. The molecule has 0 spiro atoms. The monoisotopic (exact) mass is 466 g/mol. The molecule has 3 aliphatic rings. The normalized spacial score (nSPS) is 22.4. The molecule has 0 radical (unpaired) electrons. The van der Waals surface area contributed by atoms with Gasteiger partial charge in [-0.25, -0.2) is 4.79 Å². The molecule has 0 bridgehead atoms. The molecule has 1 atom stereocenters. The lowest BCUT2D eigenvalue weighted by Gasteiger charge is -2.46. The van der Waals surface area contributed by atoms with Crippen LogP contribution >= 0.6 is 11.6 Å². The van der Waals surface area contributed by atoms with E-state index in [2.05, 4.69) is 35.8 Å². The van der Waals surface area contributed by atoms with Gasteiger partial charge in [0.1, 0.15) is 12.4 Å². The van der Waals surface area contributed by atoms with Crippen molar-refractivity contribution in [3.8, 4) is 5.75 Å². The van der Waals surface area contributed by atoms with Gasteiger partial charge in [-0.2, -0.15) is 0 Å². The average molecular weight is 467 g/mol. The molecule has 2 aromatic rings. The second kappa shape index (κ2) is 8.69. The Bertz CT molecular complexity index is 1090. The first-order valence-electron chi connectivity index (χ1n) is 11.7. The number of carboxylic acids is 1. The zero-order valence-corrected chi connectivity index (χ0v) is 20.1. The van der Waals surface area contributed by atoms with Gasteiger partial charge in [0, 0.05) is 31.2 Å². The van der Waals surface area contributed by atoms with Crippen LogP contribution in [0.15, 0.2) is 48.0 Å². The van der Waals surface area contributed by atoms with Crippen LogP contribution in [0.25, 0.3) is 5.57 Å². The smallest absolute Gasteiger partial charge is 0.335 e. The summed E-state index contributed by atoms with van der Waals surface area (Å²) in [4.78, 5) is 16.3. The van der Waals surface area contributed by atoms with Gasteiger partial charge in [0.25, 0.3) is 0 Å². The maximum Gasteiger partial charge on any atom is 0.335 e. The first kappa shape index (κ1) is 22.3. The Labute approximate surface area is 200 Å². The molecule has 174 valence electrons. The number of fused-ring (bicyclic) bond motifs is 3. The summed E-state index contributed by atoms with van der Waals surface area (Å²) in [6, 6.07) is 13.8. The summed E-state index contributed by atoms with van der Waals surface area (Å²) in [5.74, 6) is -0.241. The summed E-state index contributed by atoms with van der Waals surface area (Å²) in [6.45, 7) is 9.16. The van der Waals surface area contributed by atoms with Crippen LogP contribution in [0.5, 0.6) is 5.75 Å². The maximum absolute atomic E-state index is 11.3. The van der Waals surface area contributed by atoms with Gasteiger partial charge < -0.3 is 14.7 Å². The SMILES string of the molecule is CC1(C)CCC(c2ccc(Cl)cc2)=C(CN2CCN3c4ccc(C(=O)O)cc4OC[C@@H]3C2)C1. The predicted octanol–water partition coefficient (Wildman–Crippen LogP) is 5.59. The Morgan fingerprint density at radius 3 is 2.73 bits per heavy atom. The van der Waals surface area contributed by atoms with Crippen LogP contribution in [-0.2, 0) is 0 Å². The fourth-order valence-electron chi connectivity index (χ4n) is 5.54. The lowest BCUT2D eigenvalue weighted by atomic mass is 9.72. The molecule has 0 amide bonds. The molecule has 0 unspecified atom stereocenters. The lowest BCUT2D eigenvalue weighted by molar-refractivity contribution is 0.0696. The van der Waals surface area contributed by atoms with Crippen LogP contribution < -0.4 is 9.64 Å². The number of nitrogens with zero attached hydrogens (tertiary/aromatic N) is 2. The average Bonchev–Trinajstić information content (AvgIpc) is 2.79. The molecule has 1 fully saturated rings. The summed E-state index contributed by atoms with van der Waals surface area (Å²) >= 11 is 6.14. The third-order valence-electron chi connectivity index (χ3n) is 7.29. The highest BCUT2D eigenvalue weighted by Crippen LogP contribution is 2.43. The molecule has 5 rings (SSSR count). The number of carbonyl (C=O) groups is 1. The third-order valence-corrected chi connectivity index (χ3v) is 7.54. The predicted molar refractivity (Wildman–Crippen MR) is 132 cm³/mol. The fourth-order valence-corrected chi connectivity index (χ4v) is 5.67. The topological polar surface area (TPSA) is 53.0 Å². The molecule has 0 aromatic heterocycles. The van der Waals surface area contributed by atoms with E-state index in [9.17, 15) is 9.90 Å². The van der Waals surface area contributed by atoms with E-state index in [1.54, 1.807) is 17.7 Å². The zero-order chi connectivity index (χ0) is 23.2. The highest BCUT2D eigenvalue weighted by Gasteiger charge is 2.35. The molecule has 1 aliphatic carbocycles. The van der Waals surface area contributed by atoms with Gasteiger partial charge in [-0.15, -0.1) is 0 Å². The van der Waals surface area contributed by atoms with E-state index in [4.69, 9.17) is 16.3 Å². The van der Waals surface area contributed by atoms with Crippen LogP contribution in [-0.4, -0.2) is 54.8 Å². The second-order valence-electron chi connectivity index (χ2n) is 10.3. The Kier molecular flexibility index (Phi) is 5.87. The van der Waals surface area contributed by atoms with E-state index in [0.29, 0.717) is 17.8 Å². The molecule has 5 nitrogen and oxygen atoms in total. The number of allylic oxidation sites excluding steroid dienone is 1. The summed E-state index contributed by atoms with van der Waals surface area (Å²) in [7, 11) is 0. The van der Waals surface area contributed by atoms with Crippen molar-refractivity contribution < 1.29 is 14.6 Å². The van der Waals surface area contributed by atoms with E-state index in [1.807, 2.05) is 18.2 Å². The Hall–Kier alpha value is -2.50. The molecular formula is C27H31ClN2O3. The number of rotatable bonds is 4. The number of ether oxygens (including phenoxy) is 1. The van der Waals surface area contributed by atoms with Gasteiger partial charge in [-0.3, -0.25) is 4.90 Å². The first-order valence-corrected chi connectivity index (χ1v) is 12.1. The van der Waals surface area contributed by atoms with Crippen LogP contribution in [0.1, 0.15) is 49.0 Å². The minimum absolute atomic E-state index is 0.271. The first-order chi connectivity index (χ1) is 15.8.